The molecule has 1 saturated heterocycles. The number of aliphatic hydroxyl groups excluding tert-OH is 3. The van der Waals surface area contributed by atoms with Crippen molar-refractivity contribution in [2.45, 2.75) is 99.7 Å². The quantitative estimate of drug-likeness (QED) is 0.0492. The summed E-state index contributed by atoms with van der Waals surface area (Å²) in [5.74, 6) is 4.98. The van der Waals surface area contributed by atoms with Gasteiger partial charge in [0, 0.05) is 55.3 Å². The van der Waals surface area contributed by atoms with Crippen molar-refractivity contribution >= 4 is 16.1 Å². The number of hydrogen-bond donors (Lipinski definition) is 7. The van der Waals surface area contributed by atoms with Crippen molar-refractivity contribution in [3.63, 3.8) is 0 Å². The van der Waals surface area contributed by atoms with Gasteiger partial charge in [0.05, 0.1) is 11.4 Å². The number of aromatic hydroxyl groups is 1. The molecule has 13 heteroatoms. The van der Waals surface area contributed by atoms with Crippen molar-refractivity contribution in [2.24, 2.45) is 46.0 Å². The van der Waals surface area contributed by atoms with Crippen molar-refractivity contribution < 1.29 is 42.9 Å². The molecule has 12 nitrogen and oxygen atoms in total. The molecule has 60 heavy (non-hydrogen) atoms. The molecule has 3 aromatic rings. The van der Waals surface area contributed by atoms with Gasteiger partial charge in [-0.15, -0.1) is 0 Å². The van der Waals surface area contributed by atoms with Crippen molar-refractivity contribution in [3.8, 4) is 23.3 Å². The van der Waals surface area contributed by atoms with Gasteiger partial charge in [0.2, 0.25) is 5.72 Å². The van der Waals surface area contributed by atoms with Crippen LogP contribution in [-0.4, -0.2) is 70.5 Å². The molecule has 11 atom stereocenters. The van der Waals surface area contributed by atoms with E-state index < -0.39 is 39.0 Å². The maximum Gasteiger partial charge on any atom is 0.268 e. The Morgan fingerprint density at radius 2 is 1.80 bits per heavy atom. The standard InChI is InChI=1S/C47H57N3O9S/c1-27-5-6-32-20-37-12-14-39(32)41(27)23-43(60(55,56)57)42-22-34-18-33(21-38-17-28(25-52)3-2-4-31-19-36(54)11-13-40(31)45(34)58-38)44(42)30-7-9-35(10-8-30)47(59-37,50-46(48)49)24-29(26-53)15-16-51/h7-14,19-20,22,27-29,33,38,41-45,51-54H,3,5-6,15-18,21,23-26H2,1H3,(H4,48,49,50)(H,55,56,57)/t27-,28-,29+,33+,38-,41-,42?,43?,44+,45+,47+/m0/s1. The van der Waals surface area contributed by atoms with Crippen molar-refractivity contribution in [1.82, 2.24) is 0 Å². The highest BCUT2D eigenvalue weighted by Crippen LogP contribution is 2.55. The third-order valence-corrected chi connectivity index (χ3v) is 15.2. The maximum atomic E-state index is 14.1. The Morgan fingerprint density at radius 3 is 2.52 bits per heavy atom. The largest absolute Gasteiger partial charge is 0.508 e. The predicted octanol–water partition coefficient (Wildman–Crippen LogP) is 5.53. The lowest BCUT2D eigenvalue weighted by atomic mass is 9.64. The van der Waals surface area contributed by atoms with E-state index in [9.17, 15) is 33.4 Å². The Labute approximate surface area is 352 Å². The zero-order valence-electron chi connectivity index (χ0n) is 34.0. The number of aliphatic hydroxyl groups is 3. The van der Waals surface area contributed by atoms with Crippen molar-refractivity contribution in [2.75, 3.05) is 19.8 Å². The van der Waals surface area contributed by atoms with E-state index in [4.69, 9.17) is 25.9 Å². The third-order valence-electron chi connectivity index (χ3n) is 13.9. The predicted molar refractivity (Wildman–Crippen MR) is 228 cm³/mol. The molecule has 3 aromatic carbocycles. The molecule has 320 valence electrons. The third kappa shape index (κ3) is 8.43. The van der Waals surface area contributed by atoms with Gasteiger partial charge in [0.25, 0.3) is 10.1 Å². The van der Waals surface area contributed by atoms with Gasteiger partial charge >= 0.3 is 0 Å². The number of nitrogens with two attached hydrogens (primary N) is 2. The average molecular weight is 840 g/mol. The van der Waals surface area contributed by atoms with E-state index >= 15 is 0 Å². The minimum Gasteiger partial charge on any atom is -0.508 e. The number of benzene rings is 3. The molecule has 2 unspecified atom stereocenters. The van der Waals surface area contributed by atoms with Gasteiger partial charge in [0.15, 0.2) is 5.96 Å². The summed E-state index contributed by atoms with van der Waals surface area (Å²) in [6.07, 6.45) is 5.46. The second kappa shape index (κ2) is 17.2. The molecule has 0 aromatic heterocycles. The van der Waals surface area contributed by atoms with Crippen LogP contribution in [0, 0.1) is 41.4 Å². The fraction of sp³-hybridized carbons (Fsp3) is 0.511. The number of aryl methyl sites for hydroxylation is 1. The van der Waals surface area contributed by atoms with Gasteiger partial charge < -0.3 is 41.4 Å². The van der Waals surface area contributed by atoms with Crippen LogP contribution in [0.4, 0.5) is 0 Å². The van der Waals surface area contributed by atoms with Crippen LogP contribution in [0.2, 0.25) is 0 Å². The van der Waals surface area contributed by atoms with Gasteiger partial charge in [-0.05, 0) is 127 Å². The molecule has 0 amide bonds. The lowest BCUT2D eigenvalue weighted by Crippen LogP contribution is -2.40. The number of ether oxygens (including phenoxy) is 2. The first-order valence-electron chi connectivity index (χ1n) is 21.3. The summed E-state index contributed by atoms with van der Waals surface area (Å²) in [6.45, 7) is 1.68. The molecular formula is C47H57N3O9S. The molecule has 0 spiro atoms. The number of hydrogen-bond acceptors (Lipinski definition) is 9. The maximum absolute atomic E-state index is 14.1. The number of phenols is 1. The minimum atomic E-state index is -4.65. The van der Waals surface area contributed by atoms with Crippen LogP contribution in [0.15, 0.2) is 77.3 Å². The fourth-order valence-electron chi connectivity index (χ4n) is 11.0. The smallest absolute Gasteiger partial charge is 0.268 e. The first-order valence-corrected chi connectivity index (χ1v) is 22.8. The molecule has 10 rings (SSSR count). The van der Waals surface area contributed by atoms with Crippen LogP contribution in [-0.2, 0) is 27.0 Å². The summed E-state index contributed by atoms with van der Waals surface area (Å²) in [4.78, 5) is 4.74. The van der Waals surface area contributed by atoms with Crippen molar-refractivity contribution in [3.05, 3.63) is 106 Å². The first-order chi connectivity index (χ1) is 28.8. The molecule has 5 heterocycles. The summed E-state index contributed by atoms with van der Waals surface area (Å²) in [7, 11) is -4.65. The average Bonchev–Trinajstić information content (AvgIpc) is 3.34. The van der Waals surface area contributed by atoms with Gasteiger partial charge in [0.1, 0.15) is 17.6 Å². The molecule has 10 bridgehead atoms. The first kappa shape index (κ1) is 42.3. The van der Waals surface area contributed by atoms with Gasteiger partial charge in [-0.2, -0.15) is 8.42 Å². The summed E-state index contributed by atoms with van der Waals surface area (Å²) in [5, 5.41) is 40.2. The number of aliphatic imine (C=N–C) groups is 1. The van der Waals surface area contributed by atoms with Crippen LogP contribution in [0.5, 0.6) is 11.5 Å². The minimum absolute atomic E-state index is 0.0693. The molecule has 0 saturated carbocycles. The number of nitrogens with zero attached hydrogens (tertiary/aromatic N) is 1. The fourth-order valence-corrected chi connectivity index (χ4v) is 12.1. The van der Waals surface area contributed by atoms with E-state index in [1.165, 1.54) is 0 Å². The van der Waals surface area contributed by atoms with Crippen LogP contribution < -0.4 is 16.2 Å². The summed E-state index contributed by atoms with van der Waals surface area (Å²) in [6, 6.07) is 18.6. The summed E-state index contributed by atoms with van der Waals surface area (Å²) < 4.78 is 53.5. The number of allylic oxidation sites excluding steroid dienone is 1. The molecule has 0 radical (unpaired) electrons. The van der Waals surface area contributed by atoms with Crippen LogP contribution >= 0.6 is 0 Å². The highest BCUT2D eigenvalue weighted by molar-refractivity contribution is 7.86. The van der Waals surface area contributed by atoms with Gasteiger partial charge in [-0.1, -0.05) is 61.2 Å². The van der Waals surface area contributed by atoms with Gasteiger partial charge in [-0.3, -0.25) is 4.55 Å². The Balaban J connectivity index is 1.36. The van der Waals surface area contributed by atoms with E-state index in [2.05, 4.69) is 18.8 Å². The lowest BCUT2D eigenvalue weighted by molar-refractivity contribution is -0.0131. The van der Waals surface area contributed by atoms with E-state index in [0.29, 0.717) is 49.0 Å². The highest BCUT2D eigenvalue weighted by Gasteiger charge is 2.49. The van der Waals surface area contributed by atoms with Gasteiger partial charge in [-0.25, -0.2) is 4.99 Å². The highest BCUT2D eigenvalue weighted by atomic mass is 32.2. The molecule has 5 aliphatic heterocycles. The monoisotopic (exact) mass is 839 g/mol. The lowest BCUT2D eigenvalue weighted by Gasteiger charge is -2.42. The zero-order chi connectivity index (χ0) is 42.3. The Morgan fingerprint density at radius 1 is 1.02 bits per heavy atom. The molecule has 2 aliphatic carbocycles. The normalized spacial score (nSPS) is 31.3. The Hall–Kier alpha value is -4.42. The van der Waals surface area contributed by atoms with E-state index in [0.717, 1.165) is 40.7 Å². The molecule has 9 N–H and O–H groups in total. The van der Waals surface area contributed by atoms with Crippen LogP contribution in [0.25, 0.3) is 0 Å². The summed E-state index contributed by atoms with van der Waals surface area (Å²) >= 11 is 0. The number of phenolic OH excluding ortho intramolecular Hbond substituents is 1. The SMILES string of the molecule is C[C@H]1CCc2cc3ccc2[C@H]1CC(S(=O)(=O)O)C1C=C2C[C@H](C[C@@H]4C[C@@H](CO)CC#Cc5cc(O)ccc5[C@@H]2O4)[C@H]1c1ccc(cc1)[C@](C[C@H](CO)CCO)(N=C(N)N)O3. The molecule has 7 aliphatic rings. The second-order valence-electron chi connectivity index (χ2n) is 17.8. The Kier molecular flexibility index (Phi) is 12.1. The number of rotatable bonds is 8. The molecular weight excluding hydrogens is 783 g/mol. The summed E-state index contributed by atoms with van der Waals surface area (Å²) in [5.41, 5.74) is 16.6. The van der Waals surface area contributed by atoms with E-state index in [1.54, 1.807) is 12.1 Å². The topological polar surface area (TPSA) is 218 Å². The second-order valence-corrected chi connectivity index (χ2v) is 19.5. The van der Waals surface area contributed by atoms with Crippen LogP contribution in [0.1, 0.15) is 110 Å². The zero-order valence-corrected chi connectivity index (χ0v) is 34.8. The molecule has 1 fully saturated rings. The van der Waals surface area contributed by atoms with E-state index in [-0.39, 0.29) is 80.1 Å². The number of fused-ring (bicyclic) bond motifs is 9. The van der Waals surface area contributed by atoms with Crippen LogP contribution in [0.3, 0.4) is 0 Å². The van der Waals surface area contributed by atoms with Crippen molar-refractivity contribution in [1.29, 1.82) is 0 Å². The number of guanidine groups is 1. The Bertz CT molecular complexity index is 2300. The van der Waals surface area contributed by atoms with E-state index in [1.807, 2.05) is 54.6 Å².